The van der Waals surface area contributed by atoms with E-state index in [1.165, 1.54) is 6.07 Å². The van der Waals surface area contributed by atoms with E-state index < -0.39 is 5.82 Å². The number of halogens is 1. The first-order valence-corrected chi connectivity index (χ1v) is 7.26. The minimum absolute atomic E-state index is 0.0671. The molecule has 23 heavy (non-hydrogen) atoms. The molecule has 5 heteroatoms. The summed E-state index contributed by atoms with van der Waals surface area (Å²) in [5.41, 5.74) is 2.00. The molecule has 116 valence electrons. The van der Waals surface area contributed by atoms with Crippen molar-refractivity contribution in [3.05, 3.63) is 72.3 Å². The van der Waals surface area contributed by atoms with Gasteiger partial charge in [0.15, 0.2) is 0 Å². The average Bonchev–Trinajstić information content (AvgIpc) is 3.00. The van der Waals surface area contributed by atoms with Crippen LogP contribution in [0, 0.1) is 12.7 Å². The lowest BCUT2D eigenvalue weighted by Crippen LogP contribution is -2.19. The van der Waals surface area contributed by atoms with Crippen molar-refractivity contribution >= 4 is 11.6 Å². The first kappa shape index (κ1) is 15.0. The molecule has 3 rings (SSSR count). The third-order valence-electron chi connectivity index (χ3n) is 3.46. The molecule has 3 aromatic rings. The van der Waals surface area contributed by atoms with E-state index in [0.717, 1.165) is 11.1 Å². The van der Waals surface area contributed by atoms with E-state index in [-0.39, 0.29) is 18.1 Å². The zero-order chi connectivity index (χ0) is 16.2. The third kappa shape index (κ3) is 3.45. The number of aromatic nitrogens is 2. The lowest BCUT2D eigenvalue weighted by atomic mass is 10.2. The number of nitrogens with zero attached hydrogens (tertiary/aromatic N) is 2. The molecule has 4 nitrogen and oxygen atoms in total. The number of aryl methyl sites for hydroxylation is 1. The van der Waals surface area contributed by atoms with Gasteiger partial charge in [0.05, 0.1) is 5.69 Å². The van der Waals surface area contributed by atoms with E-state index in [2.05, 4.69) is 10.3 Å². The van der Waals surface area contributed by atoms with Gasteiger partial charge >= 0.3 is 0 Å². The normalized spacial score (nSPS) is 10.5. The molecule has 1 heterocycles. The van der Waals surface area contributed by atoms with Crippen LogP contribution in [0.15, 0.2) is 60.9 Å². The van der Waals surface area contributed by atoms with E-state index >= 15 is 0 Å². The minimum atomic E-state index is -0.446. The van der Waals surface area contributed by atoms with Crippen molar-refractivity contribution in [2.24, 2.45) is 0 Å². The predicted octanol–water partition coefficient (Wildman–Crippen LogP) is 3.64. The Kier molecular flexibility index (Phi) is 4.19. The molecule has 0 aliphatic heterocycles. The van der Waals surface area contributed by atoms with Crippen LogP contribution >= 0.6 is 0 Å². The zero-order valence-electron chi connectivity index (χ0n) is 12.7. The molecule has 0 spiro atoms. The summed E-state index contributed by atoms with van der Waals surface area (Å²) in [6, 6.07) is 14.2. The summed E-state index contributed by atoms with van der Waals surface area (Å²) in [4.78, 5) is 16.5. The maximum Gasteiger partial charge on any atom is 0.244 e. The van der Waals surface area contributed by atoms with E-state index in [1.54, 1.807) is 29.1 Å². The number of anilines is 1. The van der Waals surface area contributed by atoms with Crippen LogP contribution in [0.3, 0.4) is 0 Å². The van der Waals surface area contributed by atoms with Crippen molar-refractivity contribution in [1.29, 1.82) is 0 Å². The number of amides is 1. The minimum Gasteiger partial charge on any atom is -0.322 e. The van der Waals surface area contributed by atoms with Gasteiger partial charge in [-0.1, -0.05) is 36.4 Å². The van der Waals surface area contributed by atoms with Crippen molar-refractivity contribution in [3.63, 3.8) is 0 Å². The molecule has 0 saturated carbocycles. The molecule has 0 unspecified atom stereocenters. The van der Waals surface area contributed by atoms with Gasteiger partial charge in [-0.25, -0.2) is 9.37 Å². The summed E-state index contributed by atoms with van der Waals surface area (Å²) in [6.07, 6.45) is 3.37. The molecule has 1 amide bonds. The number of carbonyl (C=O) groups excluding carboxylic acids is 1. The van der Waals surface area contributed by atoms with Crippen molar-refractivity contribution in [1.82, 2.24) is 9.55 Å². The van der Waals surface area contributed by atoms with Crippen LogP contribution in [-0.4, -0.2) is 15.5 Å². The van der Waals surface area contributed by atoms with Gasteiger partial charge in [-0.15, -0.1) is 0 Å². The van der Waals surface area contributed by atoms with E-state index in [4.69, 9.17) is 0 Å². The second-order valence-corrected chi connectivity index (χ2v) is 5.28. The second kappa shape index (κ2) is 6.44. The smallest absolute Gasteiger partial charge is 0.244 e. The highest BCUT2D eigenvalue weighted by atomic mass is 19.1. The Morgan fingerprint density at radius 1 is 1.22 bits per heavy atom. The second-order valence-electron chi connectivity index (χ2n) is 5.28. The topological polar surface area (TPSA) is 46.9 Å². The monoisotopic (exact) mass is 309 g/mol. The van der Waals surface area contributed by atoms with Crippen molar-refractivity contribution in [2.75, 3.05) is 5.32 Å². The highest BCUT2D eigenvalue weighted by molar-refractivity contribution is 5.91. The van der Waals surface area contributed by atoms with Crippen molar-refractivity contribution < 1.29 is 9.18 Å². The van der Waals surface area contributed by atoms with Crippen molar-refractivity contribution in [3.8, 4) is 11.4 Å². The lowest BCUT2D eigenvalue weighted by molar-refractivity contribution is -0.116. The van der Waals surface area contributed by atoms with E-state index in [0.29, 0.717) is 5.82 Å². The van der Waals surface area contributed by atoms with Gasteiger partial charge < -0.3 is 9.88 Å². The SMILES string of the molecule is Cc1ccc(F)c(NC(=O)Cn2ccnc2-c2ccccc2)c1. The molecule has 0 saturated heterocycles. The lowest BCUT2D eigenvalue weighted by Gasteiger charge is -2.10. The van der Waals surface area contributed by atoms with E-state index in [9.17, 15) is 9.18 Å². The Bertz CT molecular complexity index is 827. The van der Waals surface area contributed by atoms with Crippen LogP contribution in [0.25, 0.3) is 11.4 Å². The summed E-state index contributed by atoms with van der Waals surface area (Å²) in [7, 11) is 0. The molecular weight excluding hydrogens is 293 g/mol. The number of hydrogen-bond acceptors (Lipinski definition) is 2. The van der Waals surface area contributed by atoms with Crippen LogP contribution in [0.1, 0.15) is 5.56 Å². The molecule has 0 fully saturated rings. The Hall–Kier alpha value is -2.95. The maximum atomic E-state index is 13.7. The molecule has 0 bridgehead atoms. The van der Waals surface area contributed by atoms with Gasteiger partial charge in [0.2, 0.25) is 5.91 Å². The Labute approximate surface area is 133 Å². The van der Waals surface area contributed by atoms with Crippen LogP contribution in [-0.2, 0) is 11.3 Å². The number of benzene rings is 2. The molecule has 0 aliphatic carbocycles. The third-order valence-corrected chi connectivity index (χ3v) is 3.46. The van der Waals surface area contributed by atoms with Gasteiger partial charge in [-0.05, 0) is 24.6 Å². The molecule has 0 atom stereocenters. The molecule has 1 N–H and O–H groups in total. The molecular formula is C18H16FN3O. The van der Waals surface area contributed by atoms with Crippen LogP contribution < -0.4 is 5.32 Å². The maximum absolute atomic E-state index is 13.7. The summed E-state index contributed by atoms with van der Waals surface area (Å²) in [6.45, 7) is 1.91. The Balaban J connectivity index is 1.77. The first-order valence-electron chi connectivity index (χ1n) is 7.26. The standard InChI is InChI=1S/C18H16FN3O/c1-13-7-8-15(19)16(11-13)21-17(23)12-22-10-9-20-18(22)14-5-3-2-4-6-14/h2-11H,12H2,1H3,(H,21,23). The van der Waals surface area contributed by atoms with Gasteiger partial charge in [-0.2, -0.15) is 0 Å². The molecule has 2 aromatic carbocycles. The first-order chi connectivity index (χ1) is 11.1. The van der Waals surface area contributed by atoms with Crippen molar-refractivity contribution in [2.45, 2.75) is 13.5 Å². The summed E-state index contributed by atoms with van der Waals surface area (Å²) < 4.78 is 15.5. The summed E-state index contributed by atoms with van der Waals surface area (Å²) in [5, 5.41) is 2.61. The average molecular weight is 309 g/mol. The number of rotatable bonds is 4. The molecule has 0 radical (unpaired) electrons. The zero-order valence-corrected chi connectivity index (χ0v) is 12.7. The number of carbonyl (C=O) groups is 1. The number of imidazole rings is 1. The fourth-order valence-corrected chi connectivity index (χ4v) is 2.36. The van der Waals surface area contributed by atoms with Gasteiger partial charge in [0.25, 0.3) is 0 Å². The molecule has 0 aliphatic rings. The fourth-order valence-electron chi connectivity index (χ4n) is 2.36. The van der Waals surface area contributed by atoms with Crippen LogP contribution in [0.5, 0.6) is 0 Å². The summed E-state index contributed by atoms with van der Waals surface area (Å²) in [5.74, 6) is -0.0481. The fraction of sp³-hybridized carbons (Fsp3) is 0.111. The number of hydrogen-bond donors (Lipinski definition) is 1. The van der Waals surface area contributed by atoms with Gasteiger partial charge in [-0.3, -0.25) is 4.79 Å². The van der Waals surface area contributed by atoms with Crippen LogP contribution in [0.2, 0.25) is 0 Å². The Morgan fingerprint density at radius 3 is 2.78 bits per heavy atom. The Morgan fingerprint density at radius 2 is 2.00 bits per heavy atom. The molecule has 1 aromatic heterocycles. The highest BCUT2D eigenvalue weighted by Gasteiger charge is 2.11. The van der Waals surface area contributed by atoms with Gasteiger partial charge in [0.1, 0.15) is 18.2 Å². The van der Waals surface area contributed by atoms with E-state index in [1.807, 2.05) is 37.3 Å². The predicted molar refractivity (Wildman–Crippen MR) is 87.4 cm³/mol. The van der Waals surface area contributed by atoms with Crippen LogP contribution in [0.4, 0.5) is 10.1 Å². The quantitative estimate of drug-likeness (QED) is 0.800. The summed E-state index contributed by atoms with van der Waals surface area (Å²) >= 11 is 0. The largest absolute Gasteiger partial charge is 0.322 e. The highest BCUT2D eigenvalue weighted by Crippen LogP contribution is 2.18. The number of nitrogens with one attached hydrogen (secondary N) is 1. The van der Waals surface area contributed by atoms with Gasteiger partial charge in [0, 0.05) is 18.0 Å².